The fourth-order valence-corrected chi connectivity index (χ4v) is 1.39. The lowest BCUT2D eigenvalue weighted by molar-refractivity contribution is 0.0652. The van der Waals surface area contributed by atoms with Gasteiger partial charge >= 0.3 is 5.97 Å². The lowest BCUT2D eigenvalue weighted by Crippen LogP contribution is -1.92. The van der Waals surface area contributed by atoms with Crippen molar-refractivity contribution in [2.45, 2.75) is 6.92 Å². The van der Waals surface area contributed by atoms with Gasteiger partial charge in [0.1, 0.15) is 11.5 Å². The molecule has 0 fully saturated rings. The van der Waals surface area contributed by atoms with Gasteiger partial charge in [0, 0.05) is 11.6 Å². The highest BCUT2D eigenvalue weighted by Crippen LogP contribution is 2.24. The summed E-state index contributed by atoms with van der Waals surface area (Å²) in [5.41, 5.74) is 1.25. The molecule has 1 heterocycles. The van der Waals surface area contributed by atoms with Crippen molar-refractivity contribution in [1.29, 1.82) is 0 Å². The van der Waals surface area contributed by atoms with E-state index < -0.39 is 5.97 Å². The first-order chi connectivity index (χ1) is 7.59. The molecule has 0 saturated heterocycles. The average Bonchev–Trinajstić information content (AvgIpc) is 2.71. The molecular formula is C11H8FNO3. The Bertz CT molecular complexity index is 548. The molecule has 82 valence electrons. The van der Waals surface area contributed by atoms with Crippen molar-refractivity contribution >= 4 is 5.97 Å². The van der Waals surface area contributed by atoms with Crippen LogP contribution >= 0.6 is 0 Å². The van der Waals surface area contributed by atoms with Crippen molar-refractivity contribution in [2.75, 3.05) is 0 Å². The summed E-state index contributed by atoms with van der Waals surface area (Å²) in [6.07, 6.45) is 0. The minimum absolute atomic E-state index is 0.265. The van der Waals surface area contributed by atoms with Crippen LogP contribution in [0.15, 0.2) is 28.8 Å². The van der Waals surface area contributed by atoms with Crippen LogP contribution in [0.3, 0.4) is 0 Å². The minimum atomic E-state index is -1.20. The number of rotatable bonds is 2. The Morgan fingerprint density at radius 2 is 2.25 bits per heavy atom. The number of carboxylic acids is 1. The number of hydrogen-bond donors (Lipinski definition) is 1. The Kier molecular flexibility index (Phi) is 2.44. The van der Waals surface area contributed by atoms with Gasteiger partial charge in [-0.3, -0.25) is 0 Å². The van der Waals surface area contributed by atoms with E-state index in [1.807, 2.05) is 0 Å². The Balaban J connectivity index is 2.50. The first-order valence-corrected chi connectivity index (χ1v) is 4.55. The topological polar surface area (TPSA) is 63.3 Å². The number of aromatic carboxylic acids is 1. The van der Waals surface area contributed by atoms with E-state index in [0.717, 1.165) is 0 Å². The summed E-state index contributed by atoms with van der Waals surface area (Å²) in [5.74, 6) is -1.83. The second-order valence-corrected chi connectivity index (χ2v) is 3.29. The summed E-state index contributed by atoms with van der Waals surface area (Å²) >= 11 is 0. The van der Waals surface area contributed by atoms with Crippen molar-refractivity contribution in [3.63, 3.8) is 0 Å². The summed E-state index contributed by atoms with van der Waals surface area (Å²) in [6.45, 7) is 1.60. The van der Waals surface area contributed by atoms with E-state index in [4.69, 9.17) is 5.11 Å². The first kappa shape index (κ1) is 10.4. The molecule has 0 aliphatic rings. The van der Waals surface area contributed by atoms with Gasteiger partial charge in [-0.1, -0.05) is 17.3 Å². The number of aromatic nitrogens is 1. The van der Waals surface area contributed by atoms with Crippen LogP contribution in [0.5, 0.6) is 0 Å². The summed E-state index contributed by atoms with van der Waals surface area (Å²) in [5, 5.41) is 12.2. The molecule has 1 aromatic heterocycles. The van der Waals surface area contributed by atoms with Gasteiger partial charge in [0.25, 0.3) is 0 Å². The Hall–Kier alpha value is -2.17. The molecule has 0 radical (unpaired) electrons. The van der Waals surface area contributed by atoms with Crippen LogP contribution < -0.4 is 0 Å². The molecular weight excluding hydrogens is 213 g/mol. The zero-order valence-corrected chi connectivity index (χ0v) is 8.40. The van der Waals surface area contributed by atoms with Gasteiger partial charge in [0.15, 0.2) is 0 Å². The molecule has 0 saturated carbocycles. The molecule has 1 N–H and O–H groups in total. The van der Waals surface area contributed by atoms with Gasteiger partial charge in [0.2, 0.25) is 5.76 Å². The standard InChI is InChI=1S/C11H8FNO3/c1-6-7(3-2-4-8(6)12)9-5-10(11(14)15)16-13-9/h2-5H,1H3,(H,14,15). The summed E-state index contributed by atoms with van der Waals surface area (Å²) in [7, 11) is 0. The SMILES string of the molecule is Cc1c(F)cccc1-c1cc(C(=O)O)on1. The van der Waals surface area contributed by atoms with Gasteiger partial charge in [-0.2, -0.15) is 0 Å². The molecule has 0 aliphatic heterocycles. The van der Waals surface area contributed by atoms with Crippen molar-refractivity contribution in [3.8, 4) is 11.3 Å². The number of benzene rings is 1. The van der Waals surface area contributed by atoms with Gasteiger partial charge in [-0.05, 0) is 18.6 Å². The minimum Gasteiger partial charge on any atom is -0.475 e. The van der Waals surface area contributed by atoms with Crippen LogP contribution in [0, 0.1) is 12.7 Å². The Morgan fingerprint density at radius 1 is 1.50 bits per heavy atom. The maximum Gasteiger partial charge on any atom is 0.374 e. The van der Waals surface area contributed by atoms with E-state index in [0.29, 0.717) is 16.8 Å². The van der Waals surface area contributed by atoms with E-state index >= 15 is 0 Å². The number of carboxylic acid groups (broad SMARTS) is 1. The van der Waals surface area contributed by atoms with E-state index in [9.17, 15) is 9.18 Å². The molecule has 1 aromatic carbocycles. The van der Waals surface area contributed by atoms with Crippen LogP contribution in [0.25, 0.3) is 11.3 Å². The molecule has 0 spiro atoms. The predicted molar refractivity (Wildman–Crippen MR) is 53.6 cm³/mol. The third-order valence-electron chi connectivity index (χ3n) is 2.26. The molecule has 2 aromatic rings. The average molecular weight is 221 g/mol. The third kappa shape index (κ3) is 1.67. The smallest absolute Gasteiger partial charge is 0.374 e. The van der Waals surface area contributed by atoms with E-state index in [-0.39, 0.29) is 11.6 Å². The molecule has 16 heavy (non-hydrogen) atoms. The van der Waals surface area contributed by atoms with Crippen molar-refractivity contribution in [2.24, 2.45) is 0 Å². The van der Waals surface area contributed by atoms with Crippen molar-refractivity contribution in [1.82, 2.24) is 5.16 Å². The number of carbonyl (C=O) groups is 1. The highest BCUT2D eigenvalue weighted by atomic mass is 19.1. The van der Waals surface area contributed by atoms with Crippen LogP contribution in [-0.4, -0.2) is 16.2 Å². The monoisotopic (exact) mass is 221 g/mol. The fourth-order valence-electron chi connectivity index (χ4n) is 1.39. The second kappa shape index (κ2) is 3.77. The van der Waals surface area contributed by atoms with Gasteiger partial charge in [-0.15, -0.1) is 0 Å². The Labute approximate surface area is 90.3 Å². The first-order valence-electron chi connectivity index (χ1n) is 4.55. The highest BCUT2D eigenvalue weighted by molar-refractivity contribution is 5.85. The molecule has 2 rings (SSSR count). The number of nitrogens with zero attached hydrogens (tertiary/aromatic N) is 1. The van der Waals surface area contributed by atoms with Crippen LogP contribution in [0.1, 0.15) is 16.1 Å². The van der Waals surface area contributed by atoms with Crippen LogP contribution in [0.4, 0.5) is 4.39 Å². The number of halogens is 1. The lowest BCUT2D eigenvalue weighted by atomic mass is 10.1. The maximum atomic E-state index is 13.3. The van der Waals surface area contributed by atoms with Gasteiger partial charge in [-0.25, -0.2) is 9.18 Å². The quantitative estimate of drug-likeness (QED) is 0.846. The number of hydrogen-bond acceptors (Lipinski definition) is 3. The molecule has 5 heteroatoms. The Morgan fingerprint density at radius 3 is 2.88 bits per heavy atom. The summed E-state index contributed by atoms with van der Waals surface area (Å²) in [4.78, 5) is 10.6. The van der Waals surface area contributed by atoms with Crippen LogP contribution in [-0.2, 0) is 0 Å². The third-order valence-corrected chi connectivity index (χ3v) is 2.26. The maximum absolute atomic E-state index is 13.3. The highest BCUT2D eigenvalue weighted by Gasteiger charge is 2.14. The predicted octanol–water partition coefficient (Wildman–Crippen LogP) is 2.49. The zero-order chi connectivity index (χ0) is 11.7. The lowest BCUT2D eigenvalue weighted by Gasteiger charge is -2.01. The van der Waals surface area contributed by atoms with Crippen LogP contribution in [0.2, 0.25) is 0 Å². The van der Waals surface area contributed by atoms with Crippen molar-refractivity contribution in [3.05, 3.63) is 41.4 Å². The molecule has 4 nitrogen and oxygen atoms in total. The van der Waals surface area contributed by atoms with Gasteiger partial charge < -0.3 is 9.63 Å². The molecule has 0 amide bonds. The zero-order valence-electron chi connectivity index (χ0n) is 8.40. The molecule has 0 aliphatic carbocycles. The molecule has 0 atom stereocenters. The second-order valence-electron chi connectivity index (χ2n) is 3.29. The largest absolute Gasteiger partial charge is 0.475 e. The normalized spacial score (nSPS) is 10.4. The van der Waals surface area contributed by atoms with E-state index in [1.165, 1.54) is 18.2 Å². The summed E-state index contributed by atoms with van der Waals surface area (Å²) in [6, 6.07) is 5.79. The van der Waals surface area contributed by atoms with E-state index in [2.05, 4.69) is 9.68 Å². The van der Waals surface area contributed by atoms with Crippen molar-refractivity contribution < 1.29 is 18.8 Å². The van der Waals surface area contributed by atoms with Gasteiger partial charge in [0.05, 0.1) is 0 Å². The fraction of sp³-hybridized carbons (Fsp3) is 0.0909. The molecule has 0 bridgehead atoms. The van der Waals surface area contributed by atoms with E-state index in [1.54, 1.807) is 13.0 Å². The summed E-state index contributed by atoms with van der Waals surface area (Å²) < 4.78 is 17.9. The molecule has 0 unspecified atom stereocenters.